The van der Waals surface area contributed by atoms with Crippen LogP contribution in [0, 0.1) is 0 Å². The second-order valence-electron chi connectivity index (χ2n) is 2.59. The number of rotatable bonds is 3. The van der Waals surface area contributed by atoms with E-state index in [-0.39, 0.29) is 0 Å². The lowest BCUT2D eigenvalue weighted by Crippen LogP contribution is -2.28. The van der Waals surface area contributed by atoms with Gasteiger partial charge >= 0.3 is 17.9 Å². The highest BCUT2D eigenvalue weighted by Gasteiger charge is 2.29. The van der Waals surface area contributed by atoms with Crippen LogP contribution in [0.4, 0.5) is 0 Å². The molecule has 0 radical (unpaired) electrons. The van der Waals surface area contributed by atoms with E-state index in [1.165, 1.54) is 0 Å². The SMILES string of the molecule is O=C(O)C1=C(C(=O)O)OC(C(=O)O)C=C1. The summed E-state index contributed by atoms with van der Waals surface area (Å²) in [6.45, 7) is 0. The number of hydrogen-bond donors (Lipinski definition) is 3. The number of hydrogen-bond acceptors (Lipinski definition) is 4. The predicted molar refractivity (Wildman–Crippen MR) is 43.9 cm³/mol. The first-order chi connectivity index (χ1) is 6.93. The van der Waals surface area contributed by atoms with Gasteiger partial charge in [-0.2, -0.15) is 0 Å². The Morgan fingerprint density at radius 1 is 1.13 bits per heavy atom. The zero-order valence-electron chi connectivity index (χ0n) is 7.21. The zero-order valence-corrected chi connectivity index (χ0v) is 7.21. The molecule has 1 aliphatic rings. The Balaban J connectivity index is 3.09. The standard InChI is InChI=1S/C8H6O7/c9-6(10)3-1-2-4(7(11)12)15-5(3)8(13)14/h1-2,4H,(H,9,10)(H,11,12)(H,13,14). The van der Waals surface area contributed by atoms with Gasteiger partial charge < -0.3 is 20.1 Å². The van der Waals surface area contributed by atoms with Gasteiger partial charge in [0.1, 0.15) is 5.57 Å². The summed E-state index contributed by atoms with van der Waals surface area (Å²) in [5.41, 5.74) is -0.583. The van der Waals surface area contributed by atoms with E-state index in [4.69, 9.17) is 15.3 Å². The molecular weight excluding hydrogens is 208 g/mol. The highest BCUT2D eigenvalue weighted by Crippen LogP contribution is 2.18. The van der Waals surface area contributed by atoms with Gasteiger partial charge in [0.2, 0.25) is 11.9 Å². The summed E-state index contributed by atoms with van der Waals surface area (Å²) >= 11 is 0. The molecule has 7 nitrogen and oxygen atoms in total. The van der Waals surface area contributed by atoms with Crippen LogP contribution in [0.5, 0.6) is 0 Å². The summed E-state index contributed by atoms with van der Waals surface area (Å²) < 4.78 is 4.50. The Labute approximate surface area is 82.9 Å². The Bertz CT molecular complexity index is 390. The number of carboxylic acids is 3. The van der Waals surface area contributed by atoms with Crippen LogP contribution in [0.2, 0.25) is 0 Å². The normalized spacial score (nSPS) is 19.6. The van der Waals surface area contributed by atoms with Crippen LogP contribution in [-0.4, -0.2) is 39.3 Å². The molecule has 1 unspecified atom stereocenters. The molecule has 0 spiro atoms. The molecule has 0 amide bonds. The highest BCUT2D eigenvalue weighted by atomic mass is 16.5. The smallest absolute Gasteiger partial charge is 0.372 e. The molecule has 0 bridgehead atoms. The van der Waals surface area contributed by atoms with Gasteiger partial charge in [0.15, 0.2) is 0 Å². The van der Waals surface area contributed by atoms with E-state index >= 15 is 0 Å². The molecule has 0 aromatic heterocycles. The van der Waals surface area contributed by atoms with Crippen molar-refractivity contribution in [3.63, 3.8) is 0 Å². The summed E-state index contributed by atoms with van der Waals surface area (Å²) in [6, 6.07) is 0. The molecule has 1 heterocycles. The van der Waals surface area contributed by atoms with E-state index in [9.17, 15) is 14.4 Å². The summed E-state index contributed by atoms with van der Waals surface area (Å²) in [7, 11) is 0. The monoisotopic (exact) mass is 214 g/mol. The van der Waals surface area contributed by atoms with Crippen LogP contribution < -0.4 is 0 Å². The van der Waals surface area contributed by atoms with Crippen molar-refractivity contribution in [3.05, 3.63) is 23.5 Å². The lowest BCUT2D eigenvalue weighted by molar-refractivity contribution is -0.149. The molecule has 0 saturated carbocycles. The zero-order chi connectivity index (χ0) is 11.6. The molecule has 0 aromatic carbocycles. The van der Waals surface area contributed by atoms with E-state index in [0.29, 0.717) is 0 Å². The third kappa shape index (κ3) is 2.13. The molecule has 1 atom stereocenters. The summed E-state index contributed by atoms with van der Waals surface area (Å²) in [4.78, 5) is 31.6. The minimum atomic E-state index is -1.62. The maximum Gasteiger partial charge on any atom is 0.372 e. The second-order valence-corrected chi connectivity index (χ2v) is 2.59. The van der Waals surface area contributed by atoms with Crippen molar-refractivity contribution >= 4 is 17.9 Å². The van der Waals surface area contributed by atoms with Gasteiger partial charge in [-0.15, -0.1) is 0 Å². The van der Waals surface area contributed by atoms with Crippen molar-refractivity contribution in [1.82, 2.24) is 0 Å². The minimum Gasteiger partial charge on any atom is -0.478 e. The average molecular weight is 214 g/mol. The van der Waals surface area contributed by atoms with E-state index < -0.39 is 35.3 Å². The van der Waals surface area contributed by atoms with Gasteiger partial charge in [-0.05, 0) is 12.2 Å². The van der Waals surface area contributed by atoms with Crippen LogP contribution in [-0.2, 0) is 19.1 Å². The maximum absolute atomic E-state index is 10.6. The van der Waals surface area contributed by atoms with Crippen molar-refractivity contribution in [2.24, 2.45) is 0 Å². The highest BCUT2D eigenvalue weighted by molar-refractivity contribution is 6.00. The van der Waals surface area contributed by atoms with Crippen molar-refractivity contribution < 1.29 is 34.4 Å². The quantitative estimate of drug-likeness (QED) is 0.576. The summed E-state index contributed by atoms with van der Waals surface area (Å²) in [5, 5.41) is 25.7. The average Bonchev–Trinajstić information content (AvgIpc) is 2.16. The Morgan fingerprint density at radius 3 is 2.13 bits per heavy atom. The first kappa shape index (κ1) is 10.8. The van der Waals surface area contributed by atoms with Crippen molar-refractivity contribution in [1.29, 1.82) is 0 Å². The third-order valence-corrected chi connectivity index (χ3v) is 1.60. The number of carboxylic acid groups (broad SMARTS) is 3. The molecule has 0 saturated heterocycles. The van der Waals surface area contributed by atoms with E-state index in [0.717, 1.165) is 12.2 Å². The topological polar surface area (TPSA) is 121 Å². The molecule has 1 rings (SSSR count). The van der Waals surface area contributed by atoms with E-state index in [1.807, 2.05) is 0 Å². The molecule has 15 heavy (non-hydrogen) atoms. The van der Waals surface area contributed by atoms with Gasteiger partial charge in [0, 0.05) is 0 Å². The Morgan fingerprint density at radius 2 is 1.73 bits per heavy atom. The Kier molecular flexibility index (Phi) is 2.75. The fraction of sp³-hybridized carbons (Fsp3) is 0.125. The molecule has 0 fully saturated rings. The van der Waals surface area contributed by atoms with Gasteiger partial charge in [-0.25, -0.2) is 14.4 Å². The van der Waals surface area contributed by atoms with Crippen LogP contribution in [0.15, 0.2) is 23.5 Å². The maximum atomic E-state index is 10.6. The number of aliphatic carboxylic acids is 3. The second kappa shape index (κ2) is 3.82. The first-order valence-electron chi connectivity index (χ1n) is 3.72. The third-order valence-electron chi connectivity index (χ3n) is 1.60. The van der Waals surface area contributed by atoms with E-state index in [2.05, 4.69) is 4.74 Å². The molecular formula is C8H6O7. The lowest BCUT2D eigenvalue weighted by Gasteiger charge is -2.16. The number of ether oxygens (including phenoxy) is 1. The molecule has 0 aliphatic carbocycles. The van der Waals surface area contributed by atoms with Gasteiger partial charge in [-0.1, -0.05) is 0 Å². The van der Waals surface area contributed by atoms with Crippen LogP contribution in [0.1, 0.15) is 0 Å². The number of carbonyl (C=O) groups is 3. The van der Waals surface area contributed by atoms with Crippen LogP contribution in [0.25, 0.3) is 0 Å². The van der Waals surface area contributed by atoms with Crippen molar-refractivity contribution in [2.75, 3.05) is 0 Å². The largest absolute Gasteiger partial charge is 0.478 e. The fourth-order valence-corrected chi connectivity index (χ4v) is 0.956. The van der Waals surface area contributed by atoms with Gasteiger partial charge in [0.25, 0.3) is 0 Å². The van der Waals surface area contributed by atoms with Crippen LogP contribution >= 0.6 is 0 Å². The predicted octanol–water partition coefficient (Wildman–Crippen LogP) is -0.551. The first-order valence-corrected chi connectivity index (χ1v) is 3.72. The molecule has 80 valence electrons. The van der Waals surface area contributed by atoms with Gasteiger partial charge in [-0.3, -0.25) is 0 Å². The summed E-state index contributed by atoms with van der Waals surface area (Å²) in [5.74, 6) is -5.39. The van der Waals surface area contributed by atoms with Gasteiger partial charge in [0.05, 0.1) is 0 Å². The van der Waals surface area contributed by atoms with Crippen LogP contribution in [0.3, 0.4) is 0 Å². The summed E-state index contributed by atoms with van der Waals surface area (Å²) in [6.07, 6.45) is 0.381. The molecule has 7 heteroatoms. The van der Waals surface area contributed by atoms with Crippen molar-refractivity contribution in [3.8, 4) is 0 Å². The molecule has 0 aromatic rings. The van der Waals surface area contributed by atoms with Crippen molar-refractivity contribution in [2.45, 2.75) is 6.10 Å². The Hall–Kier alpha value is -2.31. The minimum absolute atomic E-state index is 0.583. The molecule has 3 N–H and O–H groups in total. The lowest BCUT2D eigenvalue weighted by atomic mass is 10.1. The fourth-order valence-electron chi connectivity index (χ4n) is 0.956. The van der Waals surface area contributed by atoms with E-state index in [1.54, 1.807) is 0 Å². The molecule has 1 aliphatic heterocycles.